The number of amides is 1. The smallest absolute Gasteiger partial charge is 0.253 e. The van der Waals surface area contributed by atoms with Crippen LogP contribution in [0, 0.1) is 6.92 Å². The molecule has 156 valence electrons. The summed E-state index contributed by atoms with van der Waals surface area (Å²) >= 11 is 0. The first-order valence-electron chi connectivity index (χ1n) is 10.4. The van der Waals surface area contributed by atoms with Gasteiger partial charge >= 0.3 is 0 Å². The third kappa shape index (κ3) is 3.80. The van der Waals surface area contributed by atoms with Crippen LogP contribution in [-0.4, -0.2) is 68.9 Å². The number of carbonyl (C=O) groups is 1. The van der Waals surface area contributed by atoms with Crippen molar-refractivity contribution in [2.24, 2.45) is 0 Å². The molecule has 2 N–H and O–H groups in total. The van der Waals surface area contributed by atoms with Gasteiger partial charge in [-0.3, -0.25) is 4.79 Å². The van der Waals surface area contributed by atoms with Crippen LogP contribution in [0.4, 0.5) is 0 Å². The molecular formula is C23H28N6O. The molecule has 7 nitrogen and oxygen atoms in total. The molecule has 0 saturated carbocycles. The quantitative estimate of drug-likeness (QED) is 0.491. The zero-order chi connectivity index (χ0) is 21.3. The summed E-state index contributed by atoms with van der Waals surface area (Å²) in [6.07, 6.45) is 1.78. The van der Waals surface area contributed by atoms with E-state index in [1.165, 1.54) is 0 Å². The zero-order valence-electron chi connectivity index (χ0n) is 18.0. The first kappa shape index (κ1) is 20.1. The van der Waals surface area contributed by atoms with Crippen molar-refractivity contribution in [1.82, 2.24) is 29.7 Å². The molecule has 1 aromatic carbocycles. The van der Waals surface area contributed by atoms with Gasteiger partial charge in [-0.25, -0.2) is 9.97 Å². The molecule has 7 heteroatoms. The Kier molecular flexibility index (Phi) is 5.55. The number of rotatable bonds is 7. The van der Waals surface area contributed by atoms with Crippen LogP contribution >= 0.6 is 0 Å². The highest BCUT2D eigenvalue weighted by Crippen LogP contribution is 2.29. The van der Waals surface area contributed by atoms with Crippen LogP contribution < -0.4 is 0 Å². The average Bonchev–Trinajstić information content (AvgIpc) is 3.35. The molecule has 0 bridgehead atoms. The molecule has 0 spiro atoms. The first-order valence-corrected chi connectivity index (χ1v) is 10.4. The third-order valence-electron chi connectivity index (χ3n) is 5.66. The standard InChI is InChI=1S/C23H28N6O/c1-5-29(6-2)12-11-28(4)23(30)17-8-7-16-13-20(27-19(16)14-17)18-9-10-24-22-21(18)25-15(3)26-22/h7-10,13-14,27H,5-6,11-12H2,1-4H3,(H,24,25,26). The minimum absolute atomic E-state index is 0.0365. The topological polar surface area (TPSA) is 80.9 Å². The molecule has 4 aromatic rings. The Hall–Kier alpha value is -3.19. The fourth-order valence-electron chi connectivity index (χ4n) is 3.80. The van der Waals surface area contributed by atoms with Gasteiger partial charge in [0.2, 0.25) is 0 Å². The van der Waals surface area contributed by atoms with Crippen molar-refractivity contribution in [3.05, 3.63) is 47.9 Å². The predicted octanol–water partition coefficient (Wildman–Crippen LogP) is 3.83. The number of likely N-dealkylation sites (N-methyl/N-ethyl adjacent to an activating group) is 2. The van der Waals surface area contributed by atoms with Crippen LogP contribution in [0.25, 0.3) is 33.3 Å². The molecule has 0 saturated heterocycles. The Morgan fingerprint density at radius 1 is 1.07 bits per heavy atom. The lowest BCUT2D eigenvalue weighted by Gasteiger charge is -2.23. The Bertz CT molecular complexity index is 1190. The van der Waals surface area contributed by atoms with Gasteiger partial charge in [-0.2, -0.15) is 0 Å². The van der Waals surface area contributed by atoms with Gasteiger partial charge in [-0.1, -0.05) is 19.9 Å². The number of fused-ring (bicyclic) bond motifs is 2. The Morgan fingerprint density at radius 3 is 2.63 bits per heavy atom. The van der Waals surface area contributed by atoms with Crippen molar-refractivity contribution >= 4 is 28.0 Å². The van der Waals surface area contributed by atoms with Gasteiger partial charge in [0.1, 0.15) is 11.3 Å². The van der Waals surface area contributed by atoms with E-state index in [2.05, 4.69) is 44.7 Å². The maximum atomic E-state index is 12.9. The second-order valence-corrected chi connectivity index (χ2v) is 7.62. The fourth-order valence-corrected chi connectivity index (χ4v) is 3.80. The number of aromatic amines is 2. The van der Waals surface area contributed by atoms with Gasteiger partial charge in [0, 0.05) is 54.1 Å². The molecule has 0 atom stereocenters. The number of aryl methyl sites for hydroxylation is 1. The number of H-pyrrole nitrogens is 2. The summed E-state index contributed by atoms with van der Waals surface area (Å²) in [6, 6.07) is 9.88. The number of pyridine rings is 1. The second-order valence-electron chi connectivity index (χ2n) is 7.62. The molecule has 3 aromatic heterocycles. The normalized spacial score (nSPS) is 11.6. The maximum Gasteiger partial charge on any atom is 0.253 e. The van der Waals surface area contributed by atoms with Gasteiger partial charge in [-0.05, 0) is 44.3 Å². The highest BCUT2D eigenvalue weighted by atomic mass is 16.2. The molecule has 0 fully saturated rings. The fraction of sp³-hybridized carbons (Fsp3) is 0.348. The van der Waals surface area contributed by atoms with Crippen molar-refractivity contribution in [3.8, 4) is 11.3 Å². The molecule has 30 heavy (non-hydrogen) atoms. The monoisotopic (exact) mass is 404 g/mol. The van der Waals surface area contributed by atoms with E-state index >= 15 is 0 Å². The van der Waals surface area contributed by atoms with Crippen molar-refractivity contribution in [1.29, 1.82) is 0 Å². The number of carbonyl (C=O) groups excluding carboxylic acids is 1. The van der Waals surface area contributed by atoms with E-state index in [0.29, 0.717) is 12.1 Å². The van der Waals surface area contributed by atoms with Crippen molar-refractivity contribution in [2.45, 2.75) is 20.8 Å². The van der Waals surface area contributed by atoms with Gasteiger partial charge in [0.25, 0.3) is 5.91 Å². The number of hydrogen-bond acceptors (Lipinski definition) is 4. The van der Waals surface area contributed by atoms with Crippen LogP contribution in [-0.2, 0) is 0 Å². The van der Waals surface area contributed by atoms with E-state index in [0.717, 1.165) is 58.8 Å². The molecule has 0 aliphatic rings. The minimum atomic E-state index is 0.0365. The molecule has 0 aliphatic carbocycles. The lowest BCUT2D eigenvalue weighted by molar-refractivity contribution is 0.0780. The van der Waals surface area contributed by atoms with Crippen LogP contribution in [0.2, 0.25) is 0 Å². The highest BCUT2D eigenvalue weighted by Gasteiger charge is 2.15. The lowest BCUT2D eigenvalue weighted by Crippen LogP contribution is -2.36. The Morgan fingerprint density at radius 2 is 1.87 bits per heavy atom. The number of nitrogens with zero attached hydrogens (tertiary/aromatic N) is 4. The van der Waals surface area contributed by atoms with Crippen molar-refractivity contribution in [3.63, 3.8) is 0 Å². The molecule has 3 heterocycles. The lowest BCUT2D eigenvalue weighted by atomic mass is 10.1. The van der Waals surface area contributed by atoms with Crippen LogP contribution in [0.1, 0.15) is 30.0 Å². The number of benzene rings is 1. The van der Waals surface area contributed by atoms with Gasteiger partial charge in [0.05, 0.1) is 0 Å². The maximum absolute atomic E-state index is 12.9. The summed E-state index contributed by atoms with van der Waals surface area (Å²) in [7, 11) is 1.86. The molecule has 0 unspecified atom stereocenters. The van der Waals surface area contributed by atoms with E-state index in [4.69, 9.17) is 0 Å². The number of hydrogen-bond donors (Lipinski definition) is 2. The number of aromatic nitrogens is 4. The Balaban J connectivity index is 1.60. The SMILES string of the molecule is CCN(CC)CCN(C)C(=O)c1ccc2cc(-c3ccnc4[nH]c(C)nc34)[nH]c2c1. The third-order valence-corrected chi connectivity index (χ3v) is 5.66. The summed E-state index contributed by atoms with van der Waals surface area (Å²) in [5.74, 6) is 0.871. The van der Waals surface area contributed by atoms with Gasteiger partial charge in [0.15, 0.2) is 5.65 Å². The van der Waals surface area contributed by atoms with Crippen LogP contribution in [0.15, 0.2) is 36.5 Å². The van der Waals surface area contributed by atoms with E-state index in [-0.39, 0.29) is 5.91 Å². The van der Waals surface area contributed by atoms with E-state index in [9.17, 15) is 4.79 Å². The van der Waals surface area contributed by atoms with E-state index in [1.807, 2.05) is 38.2 Å². The summed E-state index contributed by atoms with van der Waals surface area (Å²) < 4.78 is 0. The van der Waals surface area contributed by atoms with Crippen LogP contribution in [0.5, 0.6) is 0 Å². The minimum Gasteiger partial charge on any atom is -0.354 e. The van der Waals surface area contributed by atoms with E-state index < -0.39 is 0 Å². The molecule has 0 aliphatic heterocycles. The van der Waals surface area contributed by atoms with Gasteiger partial charge in [-0.15, -0.1) is 0 Å². The average molecular weight is 405 g/mol. The summed E-state index contributed by atoms with van der Waals surface area (Å²) in [5, 5.41) is 1.06. The predicted molar refractivity (Wildman–Crippen MR) is 121 cm³/mol. The molecular weight excluding hydrogens is 376 g/mol. The van der Waals surface area contributed by atoms with Gasteiger partial charge < -0.3 is 19.8 Å². The summed E-state index contributed by atoms with van der Waals surface area (Å²) in [6.45, 7) is 9.78. The largest absolute Gasteiger partial charge is 0.354 e. The first-order chi connectivity index (χ1) is 14.5. The summed E-state index contributed by atoms with van der Waals surface area (Å²) in [4.78, 5) is 32.6. The Labute approximate surface area is 176 Å². The van der Waals surface area contributed by atoms with E-state index in [1.54, 1.807) is 11.1 Å². The number of nitrogens with one attached hydrogen (secondary N) is 2. The second kappa shape index (κ2) is 8.28. The molecule has 4 rings (SSSR count). The summed E-state index contributed by atoms with van der Waals surface area (Å²) in [5.41, 5.74) is 5.19. The molecule has 1 amide bonds. The molecule has 0 radical (unpaired) electrons. The van der Waals surface area contributed by atoms with Crippen molar-refractivity contribution < 1.29 is 4.79 Å². The van der Waals surface area contributed by atoms with Crippen LogP contribution in [0.3, 0.4) is 0 Å². The van der Waals surface area contributed by atoms with Crippen molar-refractivity contribution in [2.75, 3.05) is 33.2 Å². The zero-order valence-corrected chi connectivity index (χ0v) is 18.0. The highest BCUT2D eigenvalue weighted by molar-refractivity contribution is 5.99. The number of imidazole rings is 1.